The van der Waals surface area contributed by atoms with Crippen LogP contribution in [-0.2, 0) is 0 Å². The molecule has 1 N–H and O–H groups in total. The Morgan fingerprint density at radius 2 is 2.10 bits per heavy atom. The van der Waals surface area contributed by atoms with E-state index in [4.69, 9.17) is 14.0 Å². The fourth-order valence-corrected chi connectivity index (χ4v) is 2.56. The summed E-state index contributed by atoms with van der Waals surface area (Å²) in [5, 5.41) is 7.36. The van der Waals surface area contributed by atoms with Crippen LogP contribution < -0.4 is 14.8 Å². The van der Waals surface area contributed by atoms with Crippen molar-refractivity contribution in [3.8, 4) is 11.5 Å². The van der Waals surface area contributed by atoms with E-state index in [2.05, 4.69) is 15.5 Å². The lowest BCUT2D eigenvalue weighted by molar-refractivity contribution is 0.0832. The summed E-state index contributed by atoms with van der Waals surface area (Å²) < 4.78 is 16.9. The van der Waals surface area contributed by atoms with E-state index < -0.39 is 0 Å². The molecule has 4 rings (SSSR count). The number of rotatable bonds is 2. The van der Waals surface area contributed by atoms with Gasteiger partial charge in [0.25, 0.3) is 0 Å². The Morgan fingerprint density at radius 1 is 1.20 bits per heavy atom. The van der Waals surface area contributed by atoms with Crippen LogP contribution in [-0.4, -0.2) is 23.3 Å². The molecule has 2 aliphatic heterocycles. The number of hydrogen-bond donors (Lipinski definition) is 1. The number of hydrogen-bond acceptors (Lipinski definition) is 6. The SMILES string of the molecule is c1ccc2c(c1)OCC(c1noc([C@@H]3CCCN3)n1)O2. The molecule has 6 heteroatoms. The molecule has 1 aromatic heterocycles. The van der Waals surface area contributed by atoms with Crippen LogP contribution in [0.3, 0.4) is 0 Å². The van der Waals surface area contributed by atoms with Crippen molar-refractivity contribution in [1.29, 1.82) is 0 Å². The number of fused-ring (bicyclic) bond motifs is 1. The van der Waals surface area contributed by atoms with Gasteiger partial charge in [0.2, 0.25) is 11.7 Å². The van der Waals surface area contributed by atoms with Crippen molar-refractivity contribution >= 4 is 0 Å². The van der Waals surface area contributed by atoms with Crippen molar-refractivity contribution in [2.45, 2.75) is 25.0 Å². The second-order valence-electron chi connectivity index (χ2n) is 5.00. The molecule has 0 bridgehead atoms. The van der Waals surface area contributed by atoms with Crippen molar-refractivity contribution in [3.63, 3.8) is 0 Å². The van der Waals surface area contributed by atoms with Gasteiger partial charge in [-0.25, -0.2) is 0 Å². The molecule has 0 spiro atoms. The van der Waals surface area contributed by atoms with Crippen LogP contribution in [0.2, 0.25) is 0 Å². The van der Waals surface area contributed by atoms with Gasteiger partial charge in [-0.05, 0) is 31.5 Å². The highest BCUT2D eigenvalue weighted by Crippen LogP contribution is 2.35. The molecule has 6 nitrogen and oxygen atoms in total. The van der Waals surface area contributed by atoms with Gasteiger partial charge in [-0.2, -0.15) is 4.98 Å². The lowest BCUT2D eigenvalue weighted by atomic mass is 10.2. The van der Waals surface area contributed by atoms with Gasteiger partial charge >= 0.3 is 0 Å². The summed E-state index contributed by atoms with van der Waals surface area (Å²) in [5.41, 5.74) is 0. The van der Waals surface area contributed by atoms with Crippen molar-refractivity contribution in [2.24, 2.45) is 0 Å². The van der Waals surface area contributed by atoms with Crippen LogP contribution in [0.15, 0.2) is 28.8 Å². The maximum atomic E-state index is 5.86. The van der Waals surface area contributed by atoms with Crippen molar-refractivity contribution < 1.29 is 14.0 Å². The van der Waals surface area contributed by atoms with Gasteiger partial charge < -0.3 is 19.3 Å². The summed E-state index contributed by atoms with van der Waals surface area (Å²) in [6.45, 7) is 1.40. The monoisotopic (exact) mass is 273 g/mol. The molecule has 20 heavy (non-hydrogen) atoms. The van der Waals surface area contributed by atoms with E-state index in [9.17, 15) is 0 Å². The van der Waals surface area contributed by atoms with Crippen molar-refractivity contribution in [2.75, 3.05) is 13.2 Å². The van der Waals surface area contributed by atoms with Crippen LogP contribution >= 0.6 is 0 Å². The zero-order chi connectivity index (χ0) is 13.4. The summed E-state index contributed by atoms with van der Waals surface area (Å²) >= 11 is 0. The molecule has 0 saturated carbocycles. The lowest BCUT2D eigenvalue weighted by Crippen LogP contribution is -2.22. The number of para-hydroxylation sites is 2. The largest absolute Gasteiger partial charge is 0.485 e. The molecule has 0 amide bonds. The summed E-state index contributed by atoms with van der Waals surface area (Å²) in [6, 6.07) is 7.76. The molecule has 3 heterocycles. The first kappa shape index (κ1) is 11.7. The van der Waals surface area contributed by atoms with E-state index in [1.165, 1.54) is 0 Å². The Kier molecular flexibility index (Phi) is 2.81. The molecule has 2 atom stereocenters. The Hall–Kier alpha value is -2.08. The third-order valence-electron chi connectivity index (χ3n) is 3.61. The highest BCUT2D eigenvalue weighted by molar-refractivity contribution is 5.40. The molecule has 1 unspecified atom stereocenters. The predicted octanol–water partition coefficient (Wildman–Crippen LogP) is 2.01. The number of aromatic nitrogens is 2. The van der Waals surface area contributed by atoms with Crippen LogP contribution in [0.5, 0.6) is 11.5 Å². The molecular weight excluding hydrogens is 258 g/mol. The number of nitrogens with zero attached hydrogens (tertiary/aromatic N) is 2. The molecular formula is C14H15N3O3. The average molecular weight is 273 g/mol. The average Bonchev–Trinajstić information content (AvgIpc) is 3.17. The number of ether oxygens (including phenoxy) is 2. The predicted molar refractivity (Wildman–Crippen MR) is 69.6 cm³/mol. The Bertz CT molecular complexity index is 607. The maximum absolute atomic E-state index is 5.86. The van der Waals surface area contributed by atoms with Crippen LogP contribution in [0.25, 0.3) is 0 Å². The molecule has 1 aromatic carbocycles. The smallest absolute Gasteiger partial charge is 0.243 e. The van der Waals surface area contributed by atoms with E-state index in [0.29, 0.717) is 24.1 Å². The van der Waals surface area contributed by atoms with Crippen molar-refractivity contribution in [1.82, 2.24) is 15.5 Å². The fraction of sp³-hybridized carbons (Fsp3) is 0.429. The zero-order valence-corrected chi connectivity index (χ0v) is 10.9. The van der Waals surface area contributed by atoms with E-state index in [1.807, 2.05) is 24.3 Å². The molecule has 104 valence electrons. The van der Waals surface area contributed by atoms with E-state index in [0.717, 1.165) is 25.1 Å². The van der Waals surface area contributed by atoms with Gasteiger partial charge in [-0.1, -0.05) is 17.3 Å². The van der Waals surface area contributed by atoms with Crippen LogP contribution in [0.1, 0.15) is 36.7 Å². The molecule has 2 aromatic rings. The Labute approximate surface area is 116 Å². The minimum absolute atomic E-state index is 0.174. The van der Waals surface area contributed by atoms with Gasteiger partial charge in [0.05, 0.1) is 6.04 Å². The minimum Gasteiger partial charge on any atom is -0.485 e. The van der Waals surface area contributed by atoms with Gasteiger partial charge in [-0.15, -0.1) is 0 Å². The molecule has 1 saturated heterocycles. The van der Waals surface area contributed by atoms with E-state index in [1.54, 1.807) is 0 Å². The summed E-state index contributed by atoms with van der Waals surface area (Å²) in [7, 11) is 0. The fourth-order valence-electron chi connectivity index (χ4n) is 2.56. The maximum Gasteiger partial charge on any atom is 0.243 e. The van der Waals surface area contributed by atoms with Gasteiger partial charge in [0, 0.05) is 0 Å². The van der Waals surface area contributed by atoms with Gasteiger partial charge in [0.1, 0.15) is 6.61 Å². The molecule has 0 aliphatic carbocycles. The second-order valence-corrected chi connectivity index (χ2v) is 5.00. The molecule has 1 fully saturated rings. The Balaban J connectivity index is 1.54. The standard InChI is InChI=1S/C14H15N3O3/c1-2-6-11-10(5-1)18-8-12(19-11)13-16-14(20-17-13)9-4-3-7-15-9/h1-2,5-6,9,12,15H,3-4,7-8H2/t9-,12?/m0/s1. The number of nitrogens with one attached hydrogen (secondary N) is 1. The van der Waals surface area contributed by atoms with Crippen LogP contribution in [0.4, 0.5) is 0 Å². The van der Waals surface area contributed by atoms with E-state index >= 15 is 0 Å². The third-order valence-corrected chi connectivity index (χ3v) is 3.61. The minimum atomic E-state index is -0.316. The highest BCUT2D eigenvalue weighted by atomic mass is 16.6. The summed E-state index contributed by atoms with van der Waals surface area (Å²) in [5.74, 6) is 2.65. The third kappa shape index (κ3) is 2.02. The van der Waals surface area contributed by atoms with Crippen LogP contribution in [0, 0.1) is 0 Å². The van der Waals surface area contributed by atoms with Gasteiger partial charge in [-0.3, -0.25) is 0 Å². The summed E-state index contributed by atoms with van der Waals surface area (Å²) in [4.78, 5) is 4.44. The molecule has 0 radical (unpaired) electrons. The lowest BCUT2D eigenvalue weighted by Gasteiger charge is -2.24. The topological polar surface area (TPSA) is 69.4 Å². The zero-order valence-electron chi connectivity index (χ0n) is 10.9. The van der Waals surface area contributed by atoms with E-state index in [-0.39, 0.29) is 12.1 Å². The quantitative estimate of drug-likeness (QED) is 0.902. The Morgan fingerprint density at radius 3 is 2.95 bits per heavy atom. The van der Waals surface area contributed by atoms with Gasteiger partial charge in [0.15, 0.2) is 17.6 Å². The number of benzene rings is 1. The summed E-state index contributed by atoms with van der Waals surface area (Å²) in [6.07, 6.45) is 1.86. The van der Waals surface area contributed by atoms with Crippen molar-refractivity contribution in [3.05, 3.63) is 36.0 Å². The first-order valence-electron chi connectivity index (χ1n) is 6.85. The normalized spacial score (nSPS) is 24.8. The molecule has 2 aliphatic rings. The first-order chi connectivity index (χ1) is 9.90. The highest BCUT2D eigenvalue weighted by Gasteiger charge is 2.29. The first-order valence-corrected chi connectivity index (χ1v) is 6.85. The second kappa shape index (κ2) is 4.79.